The predicted molar refractivity (Wildman–Crippen MR) is 182 cm³/mol. The Kier molecular flexibility index (Phi) is 36.0. The summed E-state index contributed by atoms with van der Waals surface area (Å²) >= 11 is 0. The molecule has 0 radical (unpaired) electrons. The molecule has 39 heavy (non-hydrogen) atoms. The lowest BCUT2D eigenvalue weighted by Crippen LogP contribution is -1.95. The highest BCUT2D eigenvalue weighted by Crippen LogP contribution is 2.20. The number of hydrogen-bond donors (Lipinski definition) is 0. The Labute approximate surface area is 251 Å². The zero-order chi connectivity index (χ0) is 28.3. The fraction of sp³-hybridized carbons (Fsp3) is 1.00. The zero-order valence-electron chi connectivity index (χ0n) is 28.3. The third kappa shape index (κ3) is 36.0. The summed E-state index contributed by atoms with van der Waals surface area (Å²) in [5.74, 6) is 0.966. The average Bonchev–Trinajstić information content (AvgIpc) is 2.94. The molecule has 0 N–H and O–H groups in total. The highest BCUT2D eigenvalue weighted by atomic mass is 14.1. The van der Waals surface area contributed by atoms with Gasteiger partial charge in [-0.15, -0.1) is 0 Å². The van der Waals surface area contributed by atoms with Crippen LogP contribution in [-0.4, -0.2) is 0 Å². The Morgan fingerprint density at radius 2 is 0.385 bits per heavy atom. The van der Waals surface area contributed by atoms with Crippen LogP contribution in [0.15, 0.2) is 0 Å². The van der Waals surface area contributed by atoms with Gasteiger partial charge in [0.25, 0.3) is 0 Å². The van der Waals surface area contributed by atoms with Crippen LogP contribution in [0.1, 0.15) is 245 Å². The van der Waals surface area contributed by atoms with E-state index in [9.17, 15) is 0 Å². The monoisotopic (exact) mass is 549 g/mol. The molecule has 0 rings (SSSR count). The van der Waals surface area contributed by atoms with Crippen molar-refractivity contribution in [1.29, 1.82) is 0 Å². The van der Waals surface area contributed by atoms with E-state index < -0.39 is 0 Å². The summed E-state index contributed by atoms with van der Waals surface area (Å²) in [6.07, 6.45) is 51.7. The molecule has 1 unspecified atom stereocenters. The van der Waals surface area contributed by atoms with Gasteiger partial charge in [0.05, 0.1) is 0 Å². The molecule has 0 heterocycles. The third-order valence-electron chi connectivity index (χ3n) is 9.35. The molecule has 0 heteroatoms. The average molecular weight is 549 g/mol. The summed E-state index contributed by atoms with van der Waals surface area (Å²) in [7, 11) is 0. The Morgan fingerprint density at radius 3 is 0.564 bits per heavy atom. The van der Waals surface area contributed by atoms with Crippen LogP contribution in [0, 0.1) is 5.92 Å². The lowest BCUT2D eigenvalue weighted by atomic mass is 9.95. The predicted octanol–water partition coefficient (Wildman–Crippen LogP) is 15.3. The Hall–Kier alpha value is 0. The first-order valence-electron chi connectivity index (χ1n) is 19.3. The molecule has 0 aliphatic carbocycles. The lowest BCUT2D eigenvalue weighted by Gasteiger charge is -2.11. The summed E-state index contributed by atoms with van der Waals surface area (Å²) in [6, 6.07) is 0. The maximum Gasteiger partial charge on any atom is -0.0443 e. The maximum absolute atomic E-state index is 2.51. The van der Waals surface area contributed by atoms with Gasteiger partial charge in [-0.3, -0.25) is 0 Å². The second-order valence-electron chi connectivity index (χ2n) is 13.6. The Bertz CT molecular complexity index is 399. The second kappa shape index (κ2) is 36.0. The van der Waals surface area contributed by atoms with Crippen molar-refractivity contribution in [2.75, 3.05) is 0 Å². The van der Waals surface area contributed by atoms with Gasteiger partial charge in [0.1, 0.15) is 0 Å². The minimum Gasteiger partial charge on any atom is -0.0654 e. The van der Waals surface area contributed by atoms with Crippen molar-refractivity contribution in [2.45, 2.75) is 245 Å². The first-order chi connectivity index (χ1) is 19.3. The first kappa shape index (κ1) is 39.0. The van der Waals surface area contributed by atoms with Crippen LogP contribution in [-0.2, 0) is 0 Å². The highest BCUT2D eigenvalue weighted by Gasteiger charge is 2.02. The molecule has 0 spiro atoms. The molecule has 1 atom stereocenters. The lowest BCUT2D eigenvalue weighted by molar-refractivity contribution is 0.429. The molecule has 236 valence electrons. The number of hydrogen-bond acceptors (Lipinski definition) is 0. The minimum absolute atomic E-state index is 0.966. The highest BCUT2D eigenvalue weighted by molar-refractivity contribution is 4.57. The van der Waals surface area contributed by atoms with Crippen molar-refractivity contribution in [1.82, 2.24) is 0 Å². The Morgan fingerprint density at radius 1 is 0.231 bits per heavy atom. The van der Waals surface area contributed by atoms with Crippen LogP contribution in [0.4, 0.5) is 0 Å². The van der Waals surface area contributed by atoms with E-state index in [-0.39, 0.29) is 0 Å². The molecule has 0 aliphatic rings. The molecule has 0 amide bonds. The molecule has 0 fully saturated rings. The molecule has 0 bridgehead atoms. The summed E-state index contributed by atoms with van der Waals surface area (Å²) in [5, 5.41) is 0. The van der Waals surface area contributed by atoms with Gasteiger partial charge in [-0.05, 0) is 5.92 Å². The first-order valence-corrected chi connectivity index (χ1v) is 19.3. The van der Waals surface area contributed by atoms with Crippen LogP contribution >= 0.6 is 0 Å². The van der Waals surface area contributed by atoms with Gasteiger partial charge in [-0.1, -0.05) is 245 Å². The smallest absolute Gasteiger partial charge is 0.0443 e. The topological polar surface area (TPSA) is 0 Å². The molecule has 0 aromatic carbocycles. The van der Waals surface area contributed by atoms with Crippen LogP contribution < -0.4 is 0 Å². The van der Waals surface area contributed by atoms with E-state index in [0.29, 0.717) is 0 Å². The third-order valence-corrected chi connectivity index (χ3v) is 9.35. The van der Waals surface area contributed by atoms with Crippen molar-refractivity contribution in [3.05, 3.63) is 0 Å². The van der Waals surface area contributed by atoms with Gasteiger partial charge in [0.2, 0.25) is 0 Å². The fourth-order valence-electron chi connectivity index (χ4n) is 6.40. The van der Waals surface area contributed by atoms with Crippen LogP contribution in [0.2, 0.25) is 0 Å². The van der Waals surface area contributed by atoms with E-state index in [1.807, 2.05) is 0 Å². The molecule has 0 saturated heterocycles. The quantitative estimate of drug-likeness (QED) is 0.0691. The van der Waals surface area contributed by atoms with Crippen molar-refractivity contribution in [2.24, 2.45) is 5.92 Å². The largest absolute Gasteiger partial charge is 0.0654 e. The summed E-state index contributed by atoms with van der Waals surface area (Å²) in [4.78, 5) is 0. The van der Waals surface area contributed by atoms with Crippen molar-refractivity contribution < 1.29 is 0 Å². The molecule has 0 aliphatic heterocycles. The summed E-state index contributed by atoms with van der Waals surface area (Å²) in [5.41, 5.74) is 0. The molecular formula is C39H80. The molecule has 0 aromatic rings. The van der Waals surface area contributed by atoms with E-state index >= 15 is 0 Å². The van der Waals surface area contributed by atoms with Crippen molar-refractivity contribution in [3.8, 4) is 0 Å². The van der Waals surface area contributed by atoms with Crippen molar-refractivity contribution in [3.63, 3.8) is 0 Å². The SMILES string of the molecule is CCCCCCCCCCCCCCCCCCCCCCC(C)CCCCCCCCCCCCCCC. The van der Waals surface area contributed by atoms with E-state index in [1.165, 1.54) is 225 Å². The van der Waals surface area contributed by atoms with E-state index in [0.717, 1.165) is 5.92 Å². The number of rotatable bonds is 35. The Balaban J connectivity index is 3.13. The van der Waals surface area contributed by atoms with Gasteiger partial charge in [0, 0.05) is 0 Å². The van der Waals surface area contributed by atoms with Gasteiger partial charge in [0.15, 0.2) is 0 Å². The van der Waals surface area contributed by atoms with Crippen LogP contribution in [0.3, 0.4) is 0 Å². The van der Waals surface area contributed by atoms with Crippen molar-refractivity contribution >= 4 is 0 Å². The molecule has 0 saturated carbocycles. The zero-order valence-corrected chi connectivity index (χ0v) is 28.3. The van der Waals surface area contributed by atoms with E-state index in [2.05, 4.69) is 20.8 Å². The van der Waals surface area contributed by atoms with E-state index in [1.54, 1.807) is 0 Å². The molecular weight excluding hydrogens is 468 g/mol. The normalized spacial score (nSPS) is 12.4. The maximum atomic E-state index is 2.51. The van der Waals surface area contributed by atoms with Crippen LogP contribution in [0.25, 0.3) is 0 Å². The van der Waals surface area contributed by atoms with Crippen LogP contribution in [0.5, 0.6) is 0 Å². The standard InChI is InChI=1S/C39H80/c1-4-6-8-10-12-14-16-18-19-20-21-22-23-24-26-28-30-32-34-36-38-39(3)37-35-33-31-29-27-25-17-15-13-11-9-7-5-2/h39H,4-38H2,1-3H3. The molecule has 0 aromatic heterocycles. The second-order valence-corrected chi connectivity index (χ2v) is 13.6. The summed E-state index contributed by atoms with van der Waals surface area (Å²) < 4.78 is 0. The number of unbranched alkanes of at least 4 members (excludes halogenated alkanes) is 31. The fourth-order valence-corrected chi connectivity index (χ4v) is 6.40. The van der Waals surface area contributed by atoms with Gasteiger partial charge < -0.3 is 0 Å². The molecule has 0 nitrogen and oxygen atoms in total. The van der Waals surface area contributed by atoms with E-state index in [4.69, 9.17) is 0 Å². The van der Waals surface area contributed by atoms with Gasteiger partial charge in [-0.25, -0.2) is 0 Å². The van der Waals surface area contributed by atoms with Gasteiger partial charge in [-0.2, -0.15) is 0 Å². The summed E-state index contributed by atoms with van der Waals surface area (Å²) in [6.45, 7) is 7.13. The van der Waals surface area contributed by atoms with Gasteiger partial charge >= 0.3 is 0 Å². The minimum atomic E-state index is 0.966.